The van der Waals surface area contributed by atoms with E-state index in [1.165, 1.54) is 35.0 Å². The highest BCUT2D eigenvalue weighted by molar-refractivity contribution is 7.89. The Morgan fingerprint density at radius 3 is 2.20 bits per heavy atom. The number of hydrogen-bond donors (Lipinski definition) is 1. The summed E-state index contributed by atoms with van der Waals surface area (Å²) in [5, 5.41) is 20.8. The van der Waals surface area contributed by atoms with Gasteiger partial charge < -0.3 is 9.90 Å². The Hall–Kier alpha value is -2.97. The van der Waals surface area contributed by atoms with Gasteiger partial charge in [-0.25, -0.2) is 18.2 Å². The van der Waals surface area contributed by atoms with E-state index in [-0.39, 0.29) is 10.6 Å². The van der Waals surface area contributed by atoms with Crippen molar-refractivity contribution in [3.05, 3.63) is 65.9 Å². The van der Waals surface area contributed by atoms with E-state index in [0.717, 1.165) is 11.1 Å². The largest absolute Gasteiger partial charge is 0.543 e. The number of sulfonamides is 1. The second-order valence-electron chi connectivity index (χ2n) is 5.52. The van der Waals surface area contributed by atoms with Crippen LogP contribution in [-0.2, 0) is 10.0 Å². The molecule has 3 rings (SSSR count). The van der Waals surface area contributed by atoms with Crippen LogP contribution in [-0.4, -0.2) is 24.2 Å². The van der Waals surface area contributed by atoms with Crippen LogP contribution in [0.3, 0.4) is 0 Å². The van der Waals surface area contributed by atoms with Crippen molar-refractivity contribution in [2.45, 2.75) is 11.8 Å². The van der Waals surface area contributed by atoms with Gasteiger partial charge in [-0.3, -0.25) is 0 Å². The van der Waals surface area contributed by atoms with Gasteiger partial charge in [-0.05, 0) is 37.3 Å². The second-order valence-corrected chi connectivity index (χ2v) is 7.08. The number of hydrogen-bond acceptors (Lipinski definition) is 5. The number of aryl methyl sites for hydroxylation is 1. The summed E-state index contributed by atoms with van der Waals surface area (Å²) in [6.45, 7) is 1.95. The van der Waals surface area contributed by atoms with Crippen LogP contribution in [0.4, 0.5) is 0 Å². The quantitative estimate of drug-likeness (QED) is 0.744. The molecule has 7 nitrogen and oxygen atoms in total. The Balaban J connectivity index is 2.09. The lowest BCUT2D eigenvalue weighted by atomic mass is 10.1. The van der Waals surface area contributed by atoms with Crippen molar-refractivity contribution < 1.29 is 18.3 Å². The number of carbonyl (C=O) groups is 1. The molecule has 1 heterocycles. The van der Waals surface area contributed by atoms with Gasteiger partial charge in [-0.2, -0.15) is 5.10 Å². The molecule has 25 heavy (non-hydrogen) atoms. The summed E-state index contributed by atoms with van der Waals surface area (Å²) in [6.07, 6.45) is 0. The maximum Gasteiger partial charge on any atom is 0.238 e. The van der Waals surface area contributed by atoms with Crippen LogP contribution < -0.4 is 10.2 Å². The Bertz CT molecular complexity index is 1040. The lowest BCUT2D eigenvalue weighted by Gasteiger charge is -2.08. The Morgan fingerprint density at radius 1 is 1.08 bits per heavy atom. The highest BCUT2D eigenvalue weighted by Crippen LogP contribution is 2.22. The van der Waals surface area contributed by atoms with Crippen LogP contribution in [0.5, 0.6) is 0 Å². The summed E-state index contributed by atoms with van der Waals surface area (Å²) < 4.78 is 23.8. The van der Waals surface area contributed by atoms with E-state index in [1.807, 2.05) is 31.2 Å². The van der Waals surface area contributed by atoms with Crippen LogP contribution in [0.2, 0.25) is 0 Å². The highest BCUT2D eigenvalue weighted by Gasteiger charge is 2.13. The maximum absolute atomic E-state index is 11.4. The van der Waals surface area contributed by atoms with Gasteiger partial charge in [0.2, 0.25) is 10.0 Å². The molecule has 0 atom stereocenters. The van der Waals surface area contributed by atoms with Crippen LogP contribution in [0.1, 0.15) is 16.1 Å². The van der Waals surface area contributed by atoms with E-state index in [9.17, 15) is 18.3 Å². The first-order valence-electron chi connectivity index (χ1n) is 7.27. The van der Waals surface area contributed by atoms with Crippen LogP contribution in [0.15, 0.2) is 59.5 Å². The van der Waals surface area contributed by atoms with Crippen LogP contribution >= 0.6 is 0 Å². The monoisotopic (exact) mass is 356 g/mol. The minimum Gasteiger partial charge on any atom is -0.543 e. The predicted molar refractivity (Wildman–Crippen MR) is 89.4 cm³/mol. The first-order chi connectivity index (χ1) is 11.8. The van der Waals surface area contributed by atoms with Gasteiger partial charge in [0.1, 0.15) is 0 Å². The Labute approximate surface area is 144 Å². The molecular weight excluding hydrogens is 342 g/mol. The van der Waals surface area contributed by atoms with Gasteiger partial charge in [-0.1, -0.05) is 29.8 Å². The third-order valence-electron chi connectivity index (χ3n) is 3.68. The van der Waals surface area contributed by atoms with E-state index >= 15 is 0 Å². The van der Waals surface area contributed by atoms with Gasteiger partial charge >= 0.3 is 0 Å². The average molecular weight is 356 g/mol. The summed E-state index contributed by atoms with van der Waals surface area (Å²) >= 11 is 0. The molecule has 2 aromatic carbocycles. The summed E-state index contributed by atoms with van der Waals surface area (Å²) in [7, 11) is -3.83. The molecule has 0 aliphatic rings. The molecule has 0 saturated carbocycles. The lowest BCUT2D eigenvalue weighted by molar-refractivity contribution is -0.255. The number of primary sulfonamides is 1. The predicted octanol–water partition coefficient (Wildman–Crippen LogP) is 0.859. The molecule has 0 aliphatic heterocycles. The summed E-state index contributed by atoms with van der Waals surface area (Å²) in [5.41, 5.74) is 2.54. The van der Waals surface area contributed by atoms with Crippen molar-refractivity contribution in [3.8, 4) is 16.9 Å². The molecule has 3 aromatic rings. The third-order valence-corrected chi connectivity index (χ3v) is 4.60. The van der Waals surface area contributed by atoms with Gasteiger partial charge in [0.25, 0.3) is 0 Å². The summed E-state index contributed by atoms with van der Waals surface area (Å²) in [6, 6.07) is 14.3. The molecule has 0 saturated heterocycles. The summed E-state index contributed by atoms with van der Waals surface area (Å²) in [4.78, 5) is 11.4. The van der Waals surface area contributed by atoms with E-state index in [1.54, 1.807) is 0 Å². The normalized spacial score (nSPS) is 11.4. The number of carbonyl (C=O) groups excluding carboxylic acids is 1. The first kappa shape index (κ1) is 16.9. The molecule has 8 heteroatoms. The van der Waals surface area contributed by atoms with E-state index in [0.29, 0.717) is 11.4 Å². The zero-order valence-electron chi connectivity index (χ0n) is 13.2. The van der Waals surface area contributed by atoms with Gasteiger partial charge in [0.15, 0.2) is 0 Å². The van der Waals surface area contributed by atoms with E-state index in [2.05, 4.69) is 5.10 Å². The zero-order valence-corrected chi connectivity index (χ0v) is 14.0. The fourth-order valence-electron chi connectivity index (χ4n) is 2.37. The molecular formula is C17H14N3O4S-. The lowest BCUT2D eigenvalue weighted by Crippen LogP contribution is -2.25. The number of carboxylic acid groups (broad SMARTS) is 1. The number of aromatic nitrogens is 2. The molecule has 0 unspecified atom stereocenters. The number of rotatable bonds is 4. The first-order valence-corrected chi connectivity index (χ1v) is 8.82. The van der Waals surface area contributed by atoms with Crippen molar-refractivity contribution in [1.82, 2.24) is 9.78 Å². The average Bonchev–Trinajstić information content (AvgIpc) is 3.00. The molecule has 0 spiro atoms. The number of benzene rings is 2. The molecule has 1 aromatic heterocycles. The number of carboxylic acids is 1. The fraction of sp³-hybridized carbons (Fsp3) is 0.0588. The topological polar surface area (TPSA) is 118 Å². The Morgan fingerprint density at radius 2 is 1.68 bits per heavy atom. The van der Waals surface area contributed by atoms with Gasteiger partial charge in [-0.15, -0.1) is 0 Å². The van der Waals surface area contributed by atoms with E-state index in [4.69, 9.17) is 5.14 Å². The molecule has 0 fully saturated rings. The zero-order chi connectivity index (χ0) is 18.2. The van der Waals surface area contributed by atoms with Gasteiger partial charge in [0, 0.05) is 5.56 Å². The minimum atomic E-state index is -3.83. The fourth-order valence-corrected chi connectivity index (χ4v) is 2.88. The van der Waals surface area contributed by atoms with Crippen molar-refractivity contribution in [2.75, 3.05) is 0 Å². The van der Waals surface area contributed by atoms with Crippen LogP contribution in [0, 0.1) is 6.92 Å². The number of nitrogens with zero attached hydrogens (tertiary/aromatic N) is 2. The summed E-state index contributed by atoms with van der Waals surface area (Å²) in [5.74, 6) is -1.39. The molecule has 2 N–H and O–H groups in total. The smallest absolute Gasteiger partial charge is 0.238 e. The number of nitrogens with two attached hydrogens (primary N) is 1. The second kappa shape index (κ2) is 6.15. The van der Waals surface area contributed by atoms with Crippen LogP contribution in [0.25, 0.3) is 16.9 Å². The minimum absolute atomic E-state index is 0.0721. The molecule has 0 bridgehead atoms. The standard InChI is InChI=1S/C17H15N3O4S/c1-11-2-4-12(5-3-11)15-10-16(17(21)22)20(19-15)13-6-8-14(9-7-13)25(18,23)24/h2-10H,1H3,(H,21,22)(H2,18,23,24)/p-1. The van der Waals surface area contributed by atoms with E-state index < -0.39 is 16.0 Å². The number of aromatic carboxylic acids is 1. The third kappa shape index (κ3) is 3.44. The Kier molecular flexibility index (Phi) is 4.15. The maximum atomic E-state index is 11.4. The van der Waals surface area contributed by atoms with Crippen molar-refractivity contribution in [2.24, 2.45) is 5.14 Å². The molecule has 128 valence electrons. The van der Waals surface area contributed by atoms with Crippen molar-refractivity contribution in [3.63, 3.8) is 0 Å². The SMILES string of the molecule is Cc1ccc(-c2cc(C(=O)[O-])n(-c3ccc(S(N)(=O)=O)cc3)n2)cc1. The van der Waals surface area contributed by atoms with Crippen molar-refractivity contribution >= 4 is 16.0 Å². The van der Waals surface area contributed by atoms with Gasteiger partial charge in [0.05, 0.1) is 27.9 Å². The molecule has 0 aliphatic carbocycles. The van der Waals surface area contributed by atoms with Crippen molar-refractivity contribution in [1.29, 1.82) is 0 Å². The molecule has 0 amide bonds. The highest BCUT2D eigenvalue weighted by atomic mass is 32.2. The molecule has 0 radical (unpaired) electrons.